The van der Waals surface area contributed by atoms with Gasteiger partial charge in [-0.15, -0.1) is 0 Å². The van der Waals surface area contributed by atoms with Gasteiger partial charge >= 0.3 is 0 Å². The van der Waals surface area contributed by atoms with E-state index in [1.54, 1.807) is 7.11 Å². The van der Waals surface area contributed by atoms with Gasteiger partial charge in [-0.05, 0) is 17.2 Å². The van der Waals surface area contributed by atoms with Crippen molar-refractivity contribution in [2.45, 2.75) is 19.7 Å². The Labute approximate surface area is 124 Å². The van der Waals surface area contributed by atoms with Crippen molar-refractivity contribution in [1.82, 2.24) is 5.32 Å². The Kier molecular flexibility index (Phi) is 4.38. The lowest BCUT2D eigenvalue weighted by atomic mass is 10.1. The minimum absolute atomic E-state index is 0.309. The average molecular weight is 285 g/mol. The normalized spacial score (nSPS) is 12.6. The Balaban J connectivity index is 1.63. The van der Waals surface area contributed by atoms with Crippen LogP contribution in [0.4, 0.5) is 0 Å². The summed E-state index contributed by atoms with van der Waals surface area (Å²) in [7, 11) is 1.72. The number of rotatable bonds is 6. The highest BCUT2D eigenvalue weighted by atomic mass is 16.7. The molecular formula is C17H19NO3. The molecule has 0 atom stereocenters. The molecule has 0 aromatic heterocycles. The molecule has 1 aliphatic rings. The minimum Gasteiger partial charge on any atom is -0.454 e. The average Bonchev–Trinajstić information content (AvgIpc) is 2.99. The van der Waals surface area contributed by atoms with Gasteiger partial charge in [0.2, 0.25) is 6.79 Å². The van der Waals surface area contributed by atoms with E-state index in [1.807, 2.05) is 24.3 Å². The number of hydrogen-bond acceptors (Lipinski definition) is 4. The number of nitrogens with one attached hydrogen (secondary N) is 1. The van der Waals surface area contributed by atoms with Crippen molar-refractivity contribution < 1.29 is 14.2 Å². The fourth-order valence-corrected chi connectivity index (χ4v) is 2.49. The van der Waals surface area contributed by atoms with Crippen LogP contribution in [0.1, 0.15) is 16.7 Å². The monoisotopic (exact) mass is 285 g/mol. The van der Waals surface area contributed by atoms with E-state index in [1.165, 1.54) is 11.1 Å². The number of hydrogen-bond donors (Lipinski definition) is 1. The SMILES string of the molecule is COCc1ccccc1CNCc1cccc2c1OCO2. The summed E-state index contributed by atoms with van der Waals surface area (Å²) in [4.78, 5) is 0. The molecule has 0 aliphatic carbocycles. The van der Waals surface area contributed by atoms with E-state index >= 15 is 0 Å². The third-order valence-electron chi connectivity index (χ3n) is 3.53. The van der Waals surface area contributed by atoms with Crippen LogP contribution in [-0.2, 0) is 24.4 Å². The molecule has 0 bridgehead atoms. The summed E-state index contributed by atoms with van der Waals surface area (Å²) >= 11 is 0. The van der Waals surface area contributed by atoms with Gasteiger partial charge in [-0.25, -0.2) is 0 Å². The third kappa shape index (κ3) is 3.17. The van der Waals surface area contributed by atoms with Gasteiger partial charge < -0.3 is 19.5 Å². The zero-order valence-corrected chi connectivity index (χ0v) is 12.1. The van der Waals surface area contributed by atoms with Crippen molar-refractivity contribution in [1.29, 1.82) is 0 Å². The summed E-state index contributed by atoms with van der Waals surface area (Å²) in [5.74, 6) is 1.68. The molecule has 21 heavy (non-hydrogen) atoms. The maximum atomic E-state index is 5.51. The zero-order chi connectivity index (χ0) is 14.5. The molecule has 1 N–H and O–H groups in total. The van der Waals surface area contributed by atoms with Crippen molar-refractivity contribution in [2.24, 2.45) is 0 Å². The van der Waals surface area contributed by atoms with Crippen molar-refractivity contribution in [3.8, 4) is 11.5 Å². The second-order valence-electron chi connectivity index (χ2n) is 4.96. The van der Waals surface area contributed by atoms with E-state index in [2.05, 4.69) is 23.5 Å². The Morgan fingerprint density at radius 3 is 2.57 bits per heavy atom. The van der Waals surface area contributed by atoms with E-state index in [9.17, 15) is 0 Å². The van der Waals surface area contributed by atoms with Crippen LogP contribution in [0.15, 0.2) is 42.5 Å². The van der Waals surface area contributed by atoms with E-state index in [-0.39, 0.29) is 0 Å². The molecule has 0 spiro atoms. The third-order valence-corrected chi connectivity index (χ3v) is 3.53. The van der Waals surface area contributed by atoms with Crippen molar-refractivity contribution in [3.63, 3.8) is 0 Å². The first-order valence-electron chi connectivity index (χ1n) is 7.02. The molecule has 110 valence electrons. The number of benzene rings is 2. The van der Waals surface area contributed by atoms with E-state index in [0.29, 0.717) is 13.4 Å². The first-order valence-corrected chi connectivity index (χ1v) is 7.02. The highest BCUT2D eigenvalue weighted by molar-refractivity contribution is 5.48. The Morgan fingerprint density at radius 2 is 1.71 bits per heavy atom. The van der Waals surface area contributed by atoms with Crippen LogP contribution < -0.4 is 14.8 Å². The van der Waals surface area contributed by atoms with Gasteiger partial charge in [-0.2, -0.15) is 0 Å². The second kappa shape index (κ2) is 6.61. The molecule has 0 unspecified atom stereocenters. The summed E-state index contributed by atoms with van der Waals surface area (Å²) in [5, 5.41) is 3.46. The molecule has 0 fully saturated rings. The maximum absolute atomic E-state index is 5.51. The minimum atomic E-state index is 0.309. The molecule has 1 heterocycles. The van der Waals surface area contributed by atoms with E-state index in [4.69, 9.17) is 14.2 Å². The van der Waals surface area contributed by atoms with Crippen LogP contribution in [0.25, 0.3) is 0 Å². The number of para-hydroxylation sites is 1. The summed E-state index contributed by atoms with van der Waals surface area (Å²) < 4.78 is 16.1. The quantitative estimate of drug-likeness (QED) is 0.886. The molecular weight excluding hydrogens is 266 g/mol. The molecule has 0 saturated heterocycles. The fourth-order valence-electron chi connectivity index (χ4n) is 2.49. The molecule has 2 aromatic carbocycles. The molecule has 2 aromatic rings. The fraction of sp³-hybridized carbons (Fsp3) is 0.294. The molecule has 0 radical (unpaired) electrons. The second-order valence-corrected chi connectivity index (χ2v) is 4.96. The molecule has 4 heteroatoms. The summed E-state index contributed by atoms with van der Waals surface area (Å²) in [6, 6.07) is 14.3. The van der Waals surface area contributed by atoms with Gasteiger partial charge in [-0.1, -0.05) is 36.4 Å². The molecule has 1 aliphatic heterocycles. The van der Waals surface area contributed by atoms with Gasteiger partial charge in [-0.3, -0.25) is 0 Å². The summed E-state index contributed by atoms with van der Waals surface area (Å²) in [6.45, 7) is 2.48. The first-order chi connectivity index (χ1) is 10.4. The van der Waals surface area contributed by atoms with Gasteiger partial charge in [0.1, 0.15) is 0 Å². The highest BCUT2D eigenvalue weighted by Crippen LogP contribution is 2.35. The molecule has 4 nitrogen and oxygen atoms in total. The molecule has 3 rings (SSSR count). The van der Waals surface area contributed by atoms with Gasteiger partial charge in [0.25, 0.3) is 0 Å². The zero-order valence-electron chi connectivity index (χ0n) is 12.1. The highest BCUT2D eigenvalue weighted by Gasteiger charge is 2.16. The van der Waals surface area contributed by atoms with E-state index in [0.717, 1.165) is 30.2 Å². The number of methoxy groups -OCH3 is 1. The predicted octanol–water partition coefficient (Wildman–Crippen LogP) is 2.85. The van der Waals surface area contributed by atoms with Gasteiger partial charge in [0.15, 0.2) is 11.5 Å². The maximum Gasteiger partial charge on any atom is 0.231 e. The Morgan fingerprint density at radius 1 is 0.952 bits per heavy atom. The van der Waals surface area contributed by atoms with Crippen LogP contribution in [0, 0.1) is 0 Å². The smallest absolute Gasteiger partial charge is 0.231 e. The van der Waals surface area contributed by atoms with Crippen molar-refractivity contribution in [3.05, 3.63) is 59.2 Å². The topological polar surface area (TPSA) is 39.7 Å². The number of ether oxygens (including phenoxy) is 3. The summed E-state index contributed by atoms with van der Waals surface area (Å²) in [6.07, 6.45) is 0. The van der Waals surface area contributed by atoms with Crippen LogP contribution in [0.3, 0.4) is 0 Å². The molecule has 0 amide bonds. The molecule has 0 saturated carbocycles. The largest absolute Gasteiger partial charge is 0.454 e. The van der Waals surface area contributed by atoms with Crippen LogP contribution in [0.2, 0.25) is 0 Å². The lowest BCUT2D eigenvalue weighted by Gasteiger charge is -2.11. The van der Waals surface area contributed by atoms with Gasteiger partial charge in [0.05, 0.1) is 6.61 Å². The predicted molar refractivity (Wildman–Crippen MR) is 80.3 cm³/mol. The number of fused-ring (bicyclic) bond motifs is 1. The van der Waals surface area contributed by atoms with Crippen LogP contribution in [-0.4, -0.2) is 13.9 Å². The lowest BCUT2D eigenvalue weighted by Crippen LogP contribution is -2.14. The lowest BCUT2D eigenvalue weighted by molar-refractivity contribution is 0.173. The van der Waals surface area contributed by atoms with Crippen LogP contribution in [0.5, 0.6) is 11.5 Å². The Bertz CT molecular complexity index is 613. The van der Waals surface area contributed by atoms with Crippen LogP contribution >= 0.6 is 0 Å². The van der Waals surface area contributed by atoms with Crippen molar-refractivity contribution >= 4 is 0 Å². The van der Waals surface area contributed by atoms with E-state index < -0.39 is 0 Å². The Hall–Kier alpha value is -2.04. The summed E-state index contributed by atoms with van der Waals surface area (Å²) in [5.41, 5.74) is 3.59. The first kappa shape index (κ1) is 13.9. The van der Waals surface area contributed by atoms with Crippen molar-refractivity contribution in [2.75, 3.05) is 13.9 Å². The standard InChI is InChI=1S/C17H19NO3/c1-19-11-15-6-3-2-5-13(15)9-18-10-14-7-4-8-16-17(14)21-12-20-16/h2-8,18H,9-12H2,1H3. The van der Waals surface area contributed by atoms with Gasteiger partial charge in [0, 0.05) is 25.8 Å².